The largest absolute Gasteiger partial charge is 0.385 e. The molecule has 4 nitrogen and oxygen atoms in total. The van der Waals surface area contributed by atoms with Crippen LogP contribution in [-0.4, -0.2) is 32.2 Å². The predicted molar refractivity (Wildman–Crippen MR) is 66.1 cm³/mol. The molecule has 1 unspecified atom stereocenters. The molecule has 0 aliphatic carbocycles. The van der Waals surface area contributed by atoms with Gasteiger partial charge in [0.05, 0.1) is 6.04 Å². The number of carbonyl (C=O) groups excluding carboxylic acids is 1. The van der Waals surface area contributed by atoms with E-state index in [0.29, 0.717) is 25.5 Å². The summed E-state index contributed by atoms with van der Waals surface area (Å²) in [5, 5.41) is 2.89. The molecule has 0 saturated heterocycles. The summed E-state index contributed by atoms with van der Waals surface area (Å²) in [5.41, 5.74) is 5.81. The van der Waals surface area contributed by atoms with Gasteiger partial charge < -0.3 is 15.8 Å². The number of carbonyl (C=O) groups is 1. The lowest BCUT2D eigenvalue weighted by Crippen LogP contribution is -2.45. The summed E-state index contributed by atoms with van der Waals surface area (Å²) in [6.45, 7) is 9.75. The fourth-order valence-electron chi connectivity index (χ4n) is 1.03. The van der Waals surface area contributed by atoms with Crippen LogP contribution in [0.15, 0.2) is 0 Å². The zero-order chi connectivity index (χ0) is 12.8. The molecule has 0 aromatic heterocycles. The molecular formula is C12H26N2O2. The molecule has 0 aromatic rings. The van der Waals surface area contributed by atoms with Crippen LogP contribution in [0.5, 0.6) is 0 Å². The van der Waals surface area contributed by atoms with Crippen molar-refractivity contribution < 1.29 is 9.53 Å². The summed E-state index contributed by atoms with van der Waals surface area (Å²) in [6.07, 6.45) is 0.560. The Morgan fingerprint density at radius 1 is 1.44 bits per heavy atom. The molecule has 0 heterocycles. The molecular weight excluding hydrogens is 204 g/mol. The van der Waals surface area contributed by atoms with Crippen molar-refractivity contribution in [3.05, 3.63) is 0 Å². The molecule has 0 aliphatic heterocycles. The number of nitrogens with one attached hydrogen (secondary N) is 1. The Bertz CT molecular complexity index is 215. The smallest absolute Gasteiger partial charge is 0.237 e. The molecule has 0 spiro atoms. The molecule has 4 heteroatoms. The van der Waals surface area contributed by atoms with Gasteiger partial charge in [-0.15, -0.1) is 0 Å². The summed E-state index contributed by atoms with van der Waals surface area (Å²) >= 11 is 0. The zero-order valence-corrected chi connectivity index (χ0v) is 11.2. The Hall–Kier alpha value is -0.610. The topological polar surface area (TPSA) is 64.3 Å². The zero-order valence-electron chi connectivity index (χ0n) is 11.2. The van der Waals surface area contributed by atoms with Crippen molar-refractivity contribution in [1.29, 1.82) is 0 Å². The highest BCUT2D eigenvalue weighted by Crippen LogP contribution is 2.24. The molecule has 0 fully saturated rings. The van der Waals surface area contributed by atoms with E-state index in [1.165, 1.54) is 0 Å². The number of hydrogen-bond donors (Lipinski definition) is 2. The third kappa shape index (κ3) is 5.47. The van der Waals surface area contributed by atoms with E-state index in [4.69, 9.17) is 10.5 Å². The minimum absolute atomic E-state index is 0.0919. The lowest BCUT2D eigenvalue weighted by molar-refractivity contribution is -0.123. The van der Waals surface area contributed by atoms with Crippen LogP contribution < -0.4 is 11.1 Å². The van der Waals surface area contributed by atoms with E-state index in [1.54, 1.807) is 7.11 Å². The first kappa shape index (κ1) is 15.4. The standard InChI is InChI=1S/C12H26N2O2/c1-9(2)12(3,4)8-14-11(15)10(13)6-7-16-5/h9-10H,6-8,13H2,1-5H3,(H,14,15). The third-order valence-electron chi connectivity index (χ3n) is 3.25. The molecule has 0 radical (unpaired) electrons. The monoisotopic (exact) mass is 230 g/mol. The van der Waals surface area contributed by atoms with Gasteiger partial charge in [0, 0.05) is 20.3 Å². The maximum Gasteiger partial charge on any atom is 0.237 e. The van der Waals surface area contributed by atoms with Crippen molar-refractivity contribution in [2.24, 2.45) is 17.1 Å². The van der Waals surface area contributed by atoms with Crippen molar-refractivity contribution in [1.82, 2.24) is 5.32 Å². The van der Waals surface area contributed by atoms with Gasteiger partial charge in [-0.05, 0) is 17.8 Å². The van der Waals surface area contributed by atoms with Crippen molar-refractivity contribution in [3.63, 3.8) is 0 Å². The minimum atomic E-state index is -0.470. The second-order valence-corrected chi connectivity index (χ2v) is 5.25. The molecule has 0 rings (SSSR count). The first-order chi connectivity index (χ1) is 7.31. The average Bonchev–Trinajstić information content (AvgIpc) is 2.22. The van der Waals surface area contributed by atoms with Gasteiger partial charge in [-0.2, -0.15) is 0 Å². The third-order valence-corrected chi connectivity index (χ3v) is 3.25. The number of nitrogens with two attached hydrogens (primary N) is 1. The van der Waals surface area contributed by atoms with Crippen molar-refractivity contribution >= 4 is 5.91 Å². The van der Waals surface area contributed by atoms with E-state index in [1.807, 2.05) is 0 Å². The van der Waals surface area contributed by atoms with Crippen molar-refractivity contribution in [2.45, 2.75) is 40.2 Å². The van der Waals surface area contributed by atoms with Gasteiger partial charge in [-0.25, -0.2) is 0 Å². The van der Waals surface area contributed by atoms with Crippen LogP contribution in [0.1, 0.15) is 34.1 Å². The molecule has 0 saturated carbocycles. The van der Waals surface area contributed by atoms with E-state index >= 15 is 0 Å². The van der Waals surface area contributed by atoms with Crippen LogP contribution in [0.25, 0.3) is 0 Å². The second kappa shape index (κ2) is 6.86. The molecule has 1 atom stereocenters. The highest BCUT2D eigenvalue weighted by molar-refractivity contribution is 5.81. The second-order valence-electron chi connectivity index (χ2n) is 5.25. The minimum Gasteiger partial charge on any atom is -0.385 e. The van der Waals surface area contributed by atoms with Crippen LogP contribution in [0.2, 0.25) is 0 Å². The van der Waals surface area contributed by atoms with Gasteiger partial charge >= 0.3 is 0 Å². The highest BCUT2D eigenvalue weighted by atomic mass is 16.5. The lowest BCUT2D eigenvalue weighted by Gasteiger charge is -2.29. The molecule has 3 N–H and O–H groups in total. The van der Waals surface area contributed by atoms with Crippen LogP contribution >= 0.6 is 0 Å². The Labute approximate surface area is 98.9 Å². The van der Waals surface area contributed by atoms with Gasteiger partial charge in [0.1, 0.15) is 0 Å². The Kier molecular flexibility index (Phi) is 6.60. The number of rotatable bonds is 7. The SMILES string of the molecule is COCCC(N)C(=O)NCC(C)(C)C(C)C. The Morgan fingerprint density at radius 3 is 2.44 bits per heavy atom. The first-order valence-corrected chi connectivity index (χ1v) is 5.83. The number of hydrogen-bond acceptors (Lipinski definition) is 3. The summed E-state index contributed by atoms with van der Waals surface area (Å²) in [6, 6.07) is -0.470. The quantitative estimate of drug-likeness (QED) is 0.689. The maximum absolute atomic E-state index is 11.6. The molecule has 16 heavy (non-hydrogen) atoms. The summed E-state index contributed by atoms with van der Waals surface area (Å²) < 4.78 is 4.89. The summed E-state index contributed by atoms with van der Waals surface area (Å²) in [5.74, 6) is 0.425. The van der Waals surface area contributed by atoms with E-state index in [0.717, 1.165) is 0 Å². The van der Waals surface area contributed by atoms with E-state index in [-0.39, 0.29) is 11.3 Å². The number of ether oxygens (including phenoxy) is 1. The van der Waals surface area contributed by atoms with E-state index in [2.05, 4.69) is 33.0 Å². The number of methoxy groups -OCH3 is 1. The van der Waals surface area contributed by atoms with E-state index in [9.17, 15) is 4.79 Å². The fraction of sp³-hybridized carbons (Fsp3) is 0.917. The molecule has 1 amide bonds. The normalized spacial score (nSPS) is 13.9. The van der Waals surface area contributed by atoms with Gasteiger partial charge in [-0.1, -0.05) is 27.7 Å². The van der Waals surface area contributed by atoms with Gasteiger partial charge in [0.15, 0.2) is 0 Å². The molecule has 0 aliphatic rings. The van der Waals surface area contributed by atoms with Crippen molar-refractivity contribution in [3.8, 4) is 0 Å². The van der Waals surface area contributed by atoms with Crippen LogP contribution in [0, 0.1) is 11.3 Å². The van der Waals surface area contributed by atoms with Crippen LogP contribution in [0.3, 0.4) is 0 Å². The maximum atomic E-state index is 11.6. The summed E-state index contributed by atoms with van der Waals surface area (Å²) in [7, 11) is 1.60. The average molecular weight is 230 g/mol. The van der Waals surface area contributed by atoms with Gasteiger partial charge in [0.25, 0.3) is 0 Å². The molecule has 0 bridgehead atoms. The predicted octanol–water partition coefficient (Wildman–Crippen LogP) is 1.15. The van der Waals surface area contributed by atoms with Crippen LogP contribution in [-0.2, 0) is 9.53 Å². The number of amides is 1. The van der Waals surface area contributed by atoms with E-state index < -0.39 is 6.04 Å². The fourth-order valence-corrected chi connectivity index (χ4v) is 1.03. The molecule has 0 aromatic carbocycles. The lowest BCUT2D eigenvalue weighted by atomic mass is 9.81. The molecule has 96 valence electrons. The van der Waals surface area contributed by atoms with Gasteiger partial charge in [-0.3, -0.25) is 4.79 Å². The van der Waals surface area contributed by atoms with Crippen LogP contribution in [0.4, 0.5) is 0 Å². The first-order valence-electron chi connectivity index (χ1n) is 5.83. The summed E-state index contributed by atoms with van der Waals surface area (Å²) in [4.78, 5) is 11.6. The Balaban J connectivity index is 3.97. The van der Waals surface area contributed by atoms with Gasteiger partial charge in [0.2, 0.25) is 5.91 Å². The highest BCUT2D eigenvalue weighted by Gasteiger charge is 2.24. The van der Waals surface area contributed by atoms with Crippen molar-refractivity contribution in [2.75, 3.05) is 20.3 Å². The Morgan fingerprint density at radius 2 is 2.00 bits per heavy atom.